The van der Waals surface area contributed by atoms with E-state index < -0.39 is 0 Å². The highest BCUT2D eigenvalue weighted by atomic mass is 14.9. The summed E-state index contributed by atoms with van der Waals surface area (Å²) in [6, 6.07) is 7.00. The van der Waals surface area contributed by atoms with E-state index in [0.717, 1.165) is 0 Å². The highest BCUT2D eigenvalue weighted by Gasteiger charge is 2.28. The molecule has 0 heterocycles. The van der Waals surface area contributed by atoms with Crippen LogP contribution >= 0.6 is 0 Å². The van der Waals surface area contributed by atoms with Crippen LogP contribution in [0.4, 0.5) is 0 Å². The van der Waals surface area contributed by atoms with Crippen molar-refractivity contribution in [1.29, 1.82) is 0 Å². The van der Waals surface area contributed by atoms with Crippen molar-refractivity contribution in [1.82, 2.24) is 5.32 Å². The predicted octanol–water partition coefficient (Wildman–Crippen LogP) is 2.77. The second-order valence-electron chi connectivity index (χ2n) is 4.35. The molecule has 0 aromatic heterocycles. The molecule has 0 saturated carbocycles. The van der Waals surface area contributed by atoms with Crippen molar-refractivity contribution in [3.63, 3.8) is 0 Å². The maximum Gasteiger partial charge on any atom is 0.0578 e. The fourth-order valence-electron chi connectivity index (χ4n) is 2.65. The lowest BCUT2D eigenvalue weighted by Gasteiger charge is -2.11. The van der Waals surface area contributed by atoms with E-state index in [1.54, 1.807) is 0 Å². The summed E-state index contributed by atoms with van der Waals surface area (Å²) in [5.74, 6) is 3.29. The Bertz CT molecular complexity index is 400. The van der Waals surface area contributed by atoms with Crippen LogP contribution in [-0.4, -0.2) is 6.54 Å². The third kappa shape index (κ3) is 1.78. The first kappa shape index (κ1) is 10.3. The Kier molecular flexibility index (Phi) is 2.79. The highest BCUT2D eigenvalue weighted by Crippen LogP contribution is 2.41. The average molecular weight is 199 g/mol. The SMILES string of the molecule is C#CCNC1CC(C)c2c(C)cccc21. The molecule has 0 aliphatic heterocycles. The second kappa shape index (κ2) is 4.08. The van der Waals surface area contributed by atoms with E-state index in [0.29, 0.717) is 18.5 Å². The third-order valence-electron chi connectivity index (χ3n) is 3.27. The van der Waals surface area contributed by atoms with Crippen molar-refractivity contribution in [2.45, 2.75) is 32.2 Å². The summed E-state index contributed by atoms with van der Waals surface area (Å²) in [4.78, 5) is 0. The molecule has 2 unspecified atom stereocenters. The highest BCUT2D eigenvalue weighted by molar-refractivity contribution is 5.43. The van der Waals surface area contributed by atoms with E-state index in [1.165, 1.54) is 23.1 Å². The Hall–Kier alpha value is -1.26. The standard InChI is InChI=1S/C14H17N/c1-4-8-15-13-9-11(3)14-10(2)6-5-7-12(13)14/h1,5-7,11,13,15H,8-9H2,2-3H3. The van der Waals surface area contributed by atoms with Crippen LogP contribution < -0.4 is 5.32 Å². The van der Waals surface area contributed by atoms with Gasteiger partial charge in [-0.2, -0.15) is 0 Å². The Morgan fingerprint density at radius 3 is 3.07 bits per heavy atom. The Labute approximate surface area is 91.9 Å². The molecule has 1 aromatic carbocycles. The number of aryl methyl sites for hydroxylation is 1. The molecule has 0 spiro atoms. The van der Waals surface area contributed by atoms with Crippen LogP contribution in [0.25, 0.3) is 0 Å². The van der Waals surface area contributed by atoms with Crippen LogP contribution in [0, 0.1) is 19.3 Å². The number of fused-ring (bicyclic) bond motifs is 1. The van der Waals surface area contributed by atoms with Crippen LogP contribution in [-0.2, 0) is 0 Å². The Morgan fingerprint density at radius 2 is 2.33 bits per heavy atom. The van der Waals surface area contributed by atoms with E-state index in [1.807, 2.05) is 0 Å². The van der Waals surface area contributed by atoms with Crippen molar-refractivity contribution >= 4 is 0 Å². The van der Waals surface area contributed by atoms with Crippen molar-refractivity contribution in [3.05, 3.63) is 34.9 Å². The minimum Gasteiger partial charge on any atom is -0.299 e. The quantitative estimate of drug-likeness (QED) is 0.722. The summed E-state index contributed by atoms with van der Waals surface area (Å²) in [5, 5.41) is 3.41. The summed E-state index contributed by atoms with van der Waals surface area (Å²) in [5.41, 5.74) is 4.37. The molecule has 1 aliphatic rings. The Morgan fingerprint density at radius 1 is 1.53 bits per heavy atom. The first-order valence-corrected chi connectivity index (χ1v) is 5.50. The largest absolute Gasteiger partial charge is 0.299 e. The van der Waals surface area contributed by atoms with Crippen LogP contribution in [0.3, 0.4) is 0 Å². The zero-order chi connectivity index (χ0) is 10.8. The minimum atomic E-state index is 0.450. The molecule has 2 rings (SSSR count). The van der Waals surface area contributed by atoms with Gasteiger partial charge in [0.2, 0.25) is 0 Å². The smallest absolute Gasteiger partial charge is 0.0578 e. The number of benzene rings is 1. The lowest BCUT2D eigenvalue weighted by Crippen LogP contribution is -2.19. The van der Waals surface area contributed by atoms with Gasteiger partial charge in [0.25, 0.3) is 0 Å². The van der Waals surface area contributed by atoms with Gasteiger partial charge < -0.3 is 0 Å². The van der Waals surface area contributed by atoms with Crippen molar-refractivity contribution in [2.24, 2.45) is 0 Å². The number of hydrogen-bond acceptors (Lipinski definition) is 1. The fraction of sp³-hybridized carbons (Fsp3) is 0.429. The Balaban J connectivity index is 2.31. The molecular weight excluding hydrogens is 182 g/mol. The van der Waals surface area contributed by atoms with Gasteiger partial charge in [-0.05, 0) is 36.0 Å². The number of terminal acetylenes is 1. The molecule has 0 bridgehead atoms. The molecule has 1 N–H and O–H groups in total. The maximum atomic E-state index is 5.28. The third-order valence-corrected chi connectivity index (χ3v) is 3.27. The normalized spacial score (nSPS) is 23.5. The number of nitrogens with one attached hydrogen (secondary N) is 1. The molecule has 0 radical (unpaired) electrons. The second-order valence-corrected chi connectivity index (χ2v) is 4.35. The first-order chi connectivity index (χ1) is 7.24. The van der Waals surface area contributed by atoms with Crippen LogP contribution in [0.1, 0.15) is 42.0 Å². The number of rotatable bonds is 2. The van der Waals surface area contributed by atoms with Crippen molar-refractivity contribution < 1.29 is 0 Å². The number of hydrogen-bond donors (Lipinski definition) is 1. The lowest BCUT2D eigenvalue weighted by molar-refractivity contribution is 0.535. The summed E-state index contributed by atoms with van der Waals surface area (Å²) >= 11 is 0. The summed E-state index contributed by atoms with van der Waals surface area (Å²) in [7, 11) is 0. The van der Waals surface area contributed by atoms with E-state index in [4.69, 9.17) is 6.42 Å². The molecule has 15 heavy (non-hydrogen) atoms. The monoisotopic (exact) mass is 199 g/mol. The molecule has 1 nitrogen and oxygen atoms in total. The zero-order valence-corrected chi connectivity index (χ0v) is 9.38. The van der Waals surface area contributed by atoms with Gasteiger partial charge in [0.05, 0.1) is 6.54 Å². The molecule has 0 saturated heterocycles. The summed E-state index contributed by atoms with van der Waals surface area (Å²) in [6.45, 7) is 5.15. The van der Waals surface area contributed by atoms with E-state index in [2.05, 4.69) is 43.3 Å². The van der Waals surface area contributed by atoms with Gasteiger partial charge in [0, 0.05) is 6.04 Å². The van der Waals surface area contributed by atoms with Crippen molar-refractivity contribution in [2.75, 3.05) is 6.54 Å². The van der Waals surface area contributed by atoms with Gasteiger partial charge in [0.1, 0.15) is 0 Å². The molecule has 1 aliphatic carbocycles. The fourth-order valence-corrected chi connectivity index (χ4v) is 2.65. The van der Waals surface area contributed by atoms with E-state index in [9.17, 15) is 0 Å². The molecular formula is C14H17N. The summed E-state index contributed by atoms with van der Waals surface area (Å²) < 4.78 is 0. The molecule has 1 aromatic rings. The van der Waals surface area contributed by atoms with E-state index in [-0.39, 0.29) is 0 Å². The molecule has 0 fully saturated rings. The van der Waals surface area contributed by atoms with Crippen molar-refractivity contribution in [3.8, 4) is 12.3 Å². The first-order valence-electron chi connectivity index (χ1n) is 5.50. The maximum absolute atomic E-state index is 5.28. The van der Waals surface area contributed by atoms with Gasteiger partial charge in [-0.15, -0.1) is 6.42 Å². The van der Waals surface area contributed by atoms with Crippen LogP contribution in [0.2, 0.25) is 0 Å². The van der Waals surface area contributed by atoms with Gasteiger partial charge in [-0.3, -0.25) is 5.32 Å². The average Bonchev–Trinajstić information content (AvgIpc) is 2.54. The van der Waals surface area contributed by atoms with E-state index >= 15 is 0 Å². The predicted molar refractivity (Wildman–Crippen MR) is 63.8 cm³/mol. The van der Waals surface area contributed by atoms with Gasteiger partial charge in [0.15, 0.2) is 0 Å². The summed E-state index contributed by atoms with van der Waals surface area (Å²) in [6.07, 6.45) is 6.45. The van der Waals surface area contributed by atoms with Crippen LogP contribution in [0.15, 0.2) is 18.2 Å². The molecule has 2 atom stereocenters. The molecule has 78 valence electrons. The molecule has 1 heteroatoms. The molecule has 0 amide bonds. The zero-order valence-electron chi connectivity index (χ0n) is 9.38. The van der Waals surface area contributed by atoms with Gasteiger partial charge in [-0.1, -0.05) is 31.0 Å². The van der Waals surface area contributed by atoms with Gasteiger partial charge in [-0.25, -0.2) is 0 Å². The lowest BCUT2D eigenvalue weighted by atomic mass is 9.98. The van der Waals surface area contributed by atoms with Crippen LogP contribution in [0.5, 0.6) is 0 Å². The minimum absolute atomic E-state index is 0.450. The topological polar surface area (TPSA) is 12.0 Å². The van der Waals surface area contributed by atoms with Gasteiger partial charge >= 0.3 is 0 Å².